The third-order valence-electron chi connectivity index (χ3n) is 4.73. The molecule has 0 fully saturated rings. The van der Waals surface area contributed by atoms with Gasteiger partial charge in [-0.05, 0) is 61.0 Å². The van der Waals surface area contributed by atoms with Crippen LogP contribution in [0.2, 0.25) is 0 Å². The maximum atomic E-state index is 13.2. The molecule has 0 saturated heterocycles. The van der Waals surface area contributed by atoms with E-state index in [1.807, 2.05) is 43.3 Å². The van der Waals surface area contributed by atoms with Gasteiger partial charge in [0.1, 0.15) is 5.75 Å². The van der Waals surface area contributed by atoms with Crippen molar-refractivity contribution in [3.63, 3.8) is 0 Å². The Bertz CT molecular complexity index is 1300. The third kappa shape index (κ3) is 5.39. The molecule has 0 aliphatic rings. The van der Waals surface area contributed by atoms with Crippen LogP contribution in [0.25, 0.3) is 16.3 Å². The van der Waals surface area contributed by atoms with Crippen molar-refractivity contribution in [3.05, 3.63) is 94.3 Å². The van der Waals surface area contributed by atoms with Crippen molar-refractivity contribution in [1.29, 1.82) is 0 Å². The first kappa shape index (κ1) is 22.1. The number of hydrogen-bond donors (Lipinski definition) is 0. The highest BCUT2D eigenvalue weighted by atomic mass is 32.1. The van der Waals surface area contributed by atoms with Gasteiger partial charge in [-0.25, -0.2) is 4.98 Å². The molecule has 0 unspecified atom stereocenters. The SMILES string of the molecule is CCOc1ccc2nc(N(Cc3ccccn3)C(=O)C=Cc3ccc([N+](=O)[O-])cc3)sc2c1. The van der Waals surface area contributed by atoms with Gasteiger partial charge in [-0.3, -0.25) is 24.8 Å². The Morgan fingerprint density at radius 1 is 1.18 bits per heavy atom. The number of carbonyl (C=O) groups is 1. The average Bonchev–Trinajstić information content (AvgIpc) is 3.25. The van der Waals surface area contributed by atoms with Gasteiger partial charge in [-0.15, -0.1) is 0 Å². The Morgan fingerprint density at radius 3 is 2.70 bits per heavy atom. The number of carbonyl (C=O) groups excluding carboxylic acids is 1. The number of nitrogens with zero attached hydrogens (tertiary/aromatic N) is 4. The van der Waals surface area contributed by atoms with E-state index in [9.17, 15) is 14.9 Å². The Morgan fingerprint density at radius 2 is 2.00 bits per heavy atom. The highest BCUT2D eigenvalue weighted by molar-refractivity contribution is 7.22. The van der Waals surface area contributed by atoms with Gasteiger partial charge in [0.2, 0.25) is 0 Å². The fourth-order valence-corrected chi connectivity index (χ4v) is 4.12. The number of rotatable bonds is 8. The average molecular weight is 461 g/mol. The lowest BCUT2D eigenvalue weighted by atomic mass is 10.2. The number of pyridine rings is 1. The lowest BCUT2D eigenvalue weighted by Crippen LogP contribution is -2.29. The Hall–Kier alpha value is -4.11. The van der Waals surface area contributed by atoms with E-state index in [1.165, 1.54) is 29.5 Å². The predicted molar refractivity (Wildman–Crippen MR) is 128 cm³/mol. The van der Waals surface area contributed by atoms with E-state index in [4.69, 9.17) is 4.74 Å². The summed E-state index contributed by atoms with van der Waals surface area (Å²) < 4.78 is 6.48. The summed E-state index contributed by atoms with van der Waals surface area (Å²) in [6.45, 7) is 2.74. The minimum Gasteiger partial charge on any atom is -0.494 e. The van der Waals surface area contributed by atoms with Gasteiger partial charge in [0.25, 0.3) is 11.6 Å². The smallest absolute Gasteiger partial charge is 0.269 e. The zero-order valence-corrected chi connectivity index (χ0v) is 18.6. The molecule has 8 nitrogen and oxygen atoms in total. The largest absolute Gasteiger partial charge is 0.494 e. The summed E-state index contributed by atoms with van der Waals surface area (Å²) in [6.07, 6.45) is 4.73. The molecule has 33 heavy (non-hydrogen) atoms. The molecule has 9 heteroatoms. The molecule has 0 saturated carbocycles. The Balaban J connectivity index is 1.63. The van der Waals surface area contributed by atoms with Gasteiger partial charge in [0, 0.05) is 24.4 Å². The minimum absolute atomic E-state index is 0.00356. The highest BCUT2D eigenvalue weighted by Crippen LogP contribution is 2.32. The van der Waals surface area contributed by atoms with Gasteiger partial charge in [-0.1, -0.05) is 17.4 Å². The molecule has 0 N–H and O–H groups in total. The first-order valence-electron chi connectivity index (χ1n) is 10.2. The number of nitro benzene ring substituents is 1. The first-order valence-corrected chi connectivity index (χ1v) is 11.0. The van der Waals surface area contributed by atoms with E-state index >= 15 is 0 Å². The molecule has 4 aromatic rings. The number of anilines is 1. The molecule has 0 atom stereocenters. The van der Waals surface area contributed by atoms with E-state index < -0.39 is 4.92 Å². The van der Waals surface area contributed by atoms with E-state index in [-0.39, 0.29) is 18.1 Å². The Kier molecular flexibility index (Phi) is 6.70. The van der Waals surface area contributed by atoms with Crippen molar-refractivity contribution in [3.8, 4) is 5.75 Å². The zero-order chi connectivity index (χ0) is 23.2. The van der Waals surface area contributed by atoms with Crippen molar-refractivity contribution in [1.82, 2.24) is 9.97 Å². The molecule has 2 heterocycles. The number of fused-ring (bicyclic) bond motifs is 1. The number of benzene rings is 2. The molecule has 2 aromatic carbocycles. The number of non-ortho nitro benzene ring substituents is 1. The molecule has 0 spiro atoms. The normalized spacial score (nSPS) is 11.1. The molecule has 4 rings (SSSR count). The van der Waals surface area contributed by atoms with Crippen LogP contribution in [-0.2, 0) is 11.3 Å². The van der Waals surface area contributed by atoms with Crippen LogP contribution in [0.15, 0.2) is 72.9 Å². The molecule has 0 aliphatic carbocycles. The standard InChI is InChI=1S/C24H20N4O4S/c1-2-32-20-11-12-21-22(15-20)33-24(26-21)27(16-18-5-3-4-14-25-18)23(29)13-8-17-6-9-19(10-7-17)28(30)31/h3-15H,2,16H2,1H3. The first-order chi connectivity index (χ1) is 16.0. The summed E-state index contributed by atoms with van der Waals surface area (Å²) in [5.74, 6) is 0.476. The summed E-state index contributed by atoms with van der Waals surface area (Å²) in [5.41, 5.74) is 2.18. The number of aromatic nitrogens is 2. The summed E-state index contributed by atoms with van der Waals surface area (Å²) in [6, 6.07) is 17.2. The van der Waals surface area contributed by atoms with E-state index in [1.54, 1.807) is 29.3 Å². The number of ether oxygens (including phenoxy) is 1. The van der Waals surface area contributed by atoms with Gasteiger partial charge in [0.05, 0.1) is 34.0 Å². The van der Waals surface area contributed by atoms with E-state index in [0.717, 1.165) is 21.7 Å². The number of hydrogen-bond acceptors (Lipinski definition) is 7. The summed E-state index contributed by atoms with van der Waals surface area (Å²) in [5, 5.41) is 11.4. The van der Waals surface area contributed by atoms with Gasteiger partial charge < -0.3 is 4.74 Å². The van der Waals surface area contributed by atoms with Gasteiger partial charge >= 0.3 is 0 Å². The number of thiazole rings is 1. The fourth-order valence-electron chi connectivity index (χ4n) is 3.12. The number of amides is 1. The zero-order valence-electron chi connectivity index (χ0n) is 17.7. The predicted octanol–water partition coefficient (Wildman–Crippen LogP) is 5.24. The third-order valence-corrected chi connectivity index (χ3v) is 5.77. The highest BCUT2D eigenvalue weighted by Gasteiger charge is 2.19. The second-order valence-corrected chi connectivity index (χ2v) is 8.00. The molecular formula is C24H20N4O4S. The lowest BCUT2D eigenvalue weighted by molar-refractivity contribution is -0.384. The fraction of sp³-hybridized carbons (Fsp3) is 0.125. The summed E-state index contributed by atoms with van der Waals surface area (Å²) in [4.78, 5) is 34.1. The van der Waals surface area contributed by atoms with Crippen molar-refractivity contribution >= 4 is 44.4 Å². The van der Waals surface area contributed by atoms with Gasteiger partial charge in [-0.2, -0.15) is 0 Å². The topological polar surface area (TPSA) is 98.5 Å². The van der Waals surface area contributed by atoms with Crippen LogP contribution in [0.5, 0.6) is 5.75 Å². The van der Waals surface area contributed by atoms with Crippen LogP contribution < -0.4 is 9.64 Å². The maximum absolute atomic E-state index is 13.2. The molecule has 166 valence electrons. The van der Waals surface area contributed by atoms with Crippen LogP contribution >= 0.6 is 11.3 Å². The van der Waals surface area contributed by atoms with Crippen LogP contribution in [0.4, 0.5) is 10.8 Å². The molecule has 0 bridgehead atoms. The molecule has 0 radical (unpaired) electrons. The summed E-state index contributed by atoms with van der Waals surface area (Å²) >= 11 is 1.40. The lowest BCUT2D eigenvalue weighted by Gasteiger charge is -2.17. The van der Waals surface area contributed by atoms with Crippen molar-refractivity contribution < 1.29 is 14.5 Å². The van der Waals surface area contributed by atoms with E-state index in [2.05, 4.69) is 9.97 Å². The second-order valence-electron chi connectivity index (χ2n) is 6.99. The monoisotopic (exact) mass is 460 g/mol. The molecule has 2 aromatic heterocycles. The van der Waals surface area contributed by atoms with E-state index in [0.29, 0.717) is 17.3 Å². The van der Waals surface area contributed by atoms with Crippen LogP contribution in [0, 0.1) is 10.1 Å². The van der Waals surface area contributed by atoms with Gasteiger partial charge in [0.15, 0.2) is 5.13 Å². The quantitative estimate of drug-likeness (QED) is 0.202. The van der Waals surface area contributed by atoms with Crippen molar-refractivity contribution in [2.45, 2.75) is 13.5 Å². The molecule has 1 amide bonds. The van der Waals surface area contributed by atoms with Crippen LogP contribution in [-0.4, -0.2) is 27.4 Å². The summed E-state index contributed by atoms with van der Waals surface area (Å²) in [7, 11) is 0. The van der Waals surface area contributed by atoms with Crippen molar-refractivity contribution in [2.75, 3.05) is 11.5 Å². The molecule has 0 aliphatic heterocycles. The Labute approximate surface area is 193 Å². The number of nitro groups is 1. The van der Waals surface area contributed by atoms with Crippen LogP contribution in [0.1, 0.15) is 18.2 Å². The van der Waals surface area contributed by atoms with Crippen LogP contribution in [0.3, 0.4) is 0 Å². The van der Waals surface area contributed by atoms with Crippen molar-refractivity contribution in [2.24, 2.45) is 0 Å². The minimum atomic E-state index is -0.461. The second kappa shape index (κ2) is 10.0. The molecular weight excluding hydrogens is 440 g/mol. The maximum Gasteiger partial charge on any atom is 0.269 e.